The summed E-state index contributed by atoms with van der Waals surface area (Å²) in [6.45, 7) is 3.15. The summed E-state index contributed by atoms with van der Waals surface area (Å²) < 4.78 is 0. The van der Waals surface area contributed by atoms with Gasteiger partial charge in [-0.3, -0.25) is 4.79 Å². The minimum Gasteiger partial charge on any atom is -0.395 e. The summed E-state index contributed by atoms with van der Waals surface area (Å²) in [5.74, 6) is 0. The Labute approximate surface area is 106 Å². The van der Waals surface area contributed by atoms with Gasteiger partial charge in [0.2, 0.25) is 0 Å². The van der Waals surface area contributed by atoms with Crippen molar-refractivity contribution in [3.05, 3.63) is 45.7 Å². The van der Waals surface area contributed by atoms with E-state index in [4.69, 9.17) is 5.11 Å². The topological polar surface area (TPSA) is 65.1 Å². The van der Waals surface area contributed by atoms with Crippen molar-refractivity contribution in [2.24, 2.45) is 0 Å². The molecule has 0 amide bonds. The molecule has 3 N–H and O–H groups in total. The van der Waals surface area contributed by atoms with E-state index in [1.54, 1.807) is 0 Å². The van der Waals surface area contributed by atoms with Gasteiger partial charge in [0.05, 0.1) is 6.61 Å². The number of pyridine rings is 1. The summed E-state index contributed by atoms with van der Waals surface area (Å²) in [4.78, 5) is 14.7. The minimum atomic E-state index is -0.0720. The van der Waals surface area contributed by atoms with E-state index in [0.717, 1.165) is 17.3 Å². The average Bonchev–Trinajstić information content (AvgIpc) is 2.39. The van der Waals surface area contributed by atoms with Crippen molar-refractivity contribution >= 4 is 10.9 Å². The lowest BCUT2D eigenvalue weighted by Crippen LogP contribution is -2.23. The predicted octanol–water partition coefficient (Wildman–Crippen LogP) is 1.17. The number of aliphatic hydroxyl groups excluding tert-OH is 1. The first-order chi connectivity index (χ1) is 8.74. The number of hydrogen-bond donors (Lipinski definition) is 3. The molecule has 0 aliphatic heterocycles. The van der Waals surface area contributed by atoms with Gasteiger partial charge in [-0.05, 0) is 35.6 Å². The number of fused-ring (bicyclic) bond motifs is 1. The number of aromatic amines is 1. The first-order valence-electron chi connectivity index (χ1n) is 6.21. The van der Waals surface area contributed by atoms with Crippen LogP contribution in [0.15, 0.2) is 29.1 Å². The van der Waals surface area contributed by atoms with Crippen LogP contribution in [0.25, 0.3) is 10.9 Å². The van der Waals surface area contributed by atoms with Crippen LogP contribution >= 0.6 is 0 Å². The Balaban J connectivity index is 2.35. The van der Waals surface area contributed by atoms with Crippen LogP contribution in [0.5, 0.6) is 0 Å². The molecule has 1 heterocycles. The lowest BCUT2D eigenvalue weighted by molar-refractivity contribution is 0.292. The standard InChI is InChI=1S/C14H18N2O2/c1-2-10-3-4-13-11(7-10)8-12(14(18)16-13)9-15-5-6-17/h3-4,7-8,15,17H,2,5-6,9H2,1H3,(H,16,18). The Morgan fingerprint density at radius 1 is 1.33 bits per heavy atom. The molecule has 0 unspecified atom stereocenters. The van der Waals surface area contributed by atoms with Gasteiger partial charge in [0.25, 0.3) is 5.56 Å². The summed E-state index contributed by atoms with van der Waals surface area (Å²) in [7, 11) is 0. The van der Waals surface area contributed by atoms with Crippen molar-refractivity contribution in [3.63, 3.8) is 0 Å². The zero-order chi connectivity index (χ0) is 13.0. The fourth-order valence-corrected chi connectivity index (χ4v) is 1.95. The molecule has 0 saturated carbocycles. The van der Waals surface area contributed by atoms with Gasteiger partial charge < -0.3 is 15.4 Å². The van der Waals surface area contributed by atoms with Gasteiger partial charge >= 0.3 is 0 Å². The maximum atomic E-state index is 11.8. The van der Waals surface area contributed by atoms with Gasteiger partial charge in [-0.15, -0.1) is 0 Å². The highest BCUT2D eigenvalue weighted by atomic mass is 16.3. The van der Waals surface area contributed by atoms with Crippen LogP contribution in [-0.4, -0.2) is 23.2 Å². The molecule has 2 aromatic rings. The van der Waals surface area contributed by atoms with Gasteiger partial charge in [0.15, 0.2) is 0 Å². The third kappa shape index (κ3) is 2.78. The van der Waals surface area contributed by atoms with Gasteiger partial charge in [-0.2, -0.15) is 0 Å². The number of rotatable bonds is 5. The molecule has 0 atom stereocenters. The van der Waals surface area contributed by atoms with Crippen molar-refractivity contribution in [2.45, 2.75) is 19.9 Å². The first-order valence-corrected chi connectivity index (χ1v) is 6.21. The second-order valence-electron chi connectivity index (χ2n) is 4.30. The van der Waals surface area contributed by atoms with E-state index >= 15 is 0 Å². The van der Waals surface area contributed by atoms with E-state index in [0.29, 0.717) is 18.7 Å². The van der Waals surface area contributed by atoms with Gasteiger partial charge in [-0.1, -0.05) is 13.0 Å². The molecule has 2 rings (SSSR count). The fourth-order valence-electron chi connectivity index (χ4n) is 1.95. The van der Waals surface area contributed by atoms with Crippen molar-refractivity contribution in [1.29, 1.82) is 0 Å². The zero-order valence-corrected chi connectivity index (χ0v) is 10.5. The second-order valence-corrected chi connectivity index (χ2v) is 4.30. The van der Waals surface area contributed by atoms with Gasteiger partial charge in [-0.25, -0.2) is 0 Å². The number of aryl methyl sites for hydroxylation is 1. The molecule has 4 nitrogen and oxygen atoms in total. The third-order valence-electron chi connectivity index (χ3n) is 3.00. The zero-order valence-electron chi connectivity index (χ0n) is 10.5. The first kappa shape index (κ1) is 12.8. The predicted molar refractivity (Wildman–Crippen MR) is 72.7 cm³/mol. The van der Waals surface area contributed by atoms with Crippen molar-refractivity contribution in [1.82, 2.24) is 10.3 Å². The molecule has 0 aliphatic rings. The maximum absolute atomic E-state index is 11.8. The van der Waals surface area contributed by atoms with Crippen LogP contribution in [0.3, 0.4) is 0 Å². The number of nitrogens with one attached hydrogen (secondary N) is 2. The molecule has 0 bridgehead atoms. The number of benzene rings is 1. The molecule has 0 saturated heterocycles. The van der Waals surface area contributed by atoms with Crippen LogP contribution in [0.1, 0.15) is 18.1 Å². The molecule has 96 valence electrons. The van der Waals surface area contributed by atoms with Crippen LogP contribution in [0.4, 0.5) is 0 Å². The smallest absolute Gasteiger partial charge is 0.252 e. The Bertz CT molecular complexity index is 590. The summed E-state index contributed by atoms with van der Waals surface area (Å²) in [5.41, 5.74) is 2.74. The Kier molecular flexibility index (Phi) is 4.12. The molecule has 4 heteroatoms. The second kappa shape index (κ2) is 5.80. The number of H-pyrrole nitrogens is 1. The number of aliphatic hydroxyl groups is 1. The SMILES string of the molecule is CCc1ccc2[nH]c(=O)c(CNCCO)cc2c1. The summed E-state index contributed by atoms with van der Waals surface area (Å²) in [6.07, 6.45) is 0.979. The molecule has 1 aromatic carbocycles. The highest BCUT2D eigenvalue weighted by molar-refractivity contribution is 5.79. The van der Waals surface area contributed by atoms with E-state index in [9.17, 15) is 4.79 Å². The summed E-state index contributed by atoms with van der Waals surface area (Å²) >= 11 is 0. The Hall–Kier alpha value is -1.65. The van der Waals surface area contributed by atoms with Crippen LogP contribution in [0.2, 0.25) is 0 Å². The summed E-state index contributed by atoms with van der Waals surface area (Å²) in [6, 6.07) is 7.99. The van der Waals surface area contributed by atoms with Crippen LogP contribution < -0.4 is 10.9 Å². The van der Waals surface area contributed by atoms with E-state index in [-0.39, 0.29) is 12.2 Å². The molecule has 0 fully saturated rings. The molecule has 0 radical (unpaired) electrons. The molecule has 18 heavy (non-hydrogen) atoms. The van der Waals surface area contributed by atoms with E-state index in [1.807, 2.05) is 18.2 Å². The van der Waals surface area contributed by atoms with E-state index < -0.39 is 0 Å². The normalized spacial score (nSPS) is 11.0. The minimum absolute atomic E-state index is 0.0720. The van der Waals surface area contributed by atoms with E-state index in [2.05, 4.69) is 23.3 Å². The van der Waals surface area contributed by atoms with E-state index in [1.165, 1.54) is 5.56 Å². The van der Waals surface area contributed by atoms with Gasteiger partial charge in [0, 0.05) is 24.2 Å². The third-order valence-corrected chi connectivity index (χ3v) is 3.00. The monoisotopic (exact) mass is 246 g/mol. The molecule has 1 aromatic heterocycles. The highest BCUT2D eigenvalue weighted by Crippen LogP contribution is 2.14. The van der Waals surface area contributed by atoms with Crippen molar-refractivity contribution in [3.8, 4) is 0 Å². The number of aromatic nitrogens is 1. The molecule has 0 aliphatic carbocycles. The maximum Gasteiger partial charge on any atom is 0.252 e. The Morgan fingerprint density at radius 2 is 2.17 bits per heavy atom. The van der Waals surface area contributed by atoms with Crippen LogP contribution in [-0.2, 0) is 13.0 Å². The van der Waals surface area contributed by atoms with Crippen molar-refractivity contribution < 1.29 is 5.11 Å². The fraction of sp³-hybridized carbons (Fsp3) is 0.357. The molecular weight excluding hydrogens is 228 g/mol. The summed E-state index contributed by atoms with van der Waals surface area (Å²) in [5, 5.41) is 12.8. The largest absolute Gasteiger partial charge is 0.395 e. The van der Waals surface area contributed by atoms with Gasteiger partial charge in [0.1, 0.15) is 0 Å². The molecular formula is C14H18N2O2. The van der Waals surface area contributed by atoms with Crippen molar-refractivity contribution in [2.75, 3.05) is 13.2 Å². The quantitative estimate of drug-likeness (QED) is 0.694. The highest BCUT2D eigenvalue weighted by Gasteiger charge is 2.03. The number of hydrogen-bond acceptors (Lipinski definition) is 3. The lowest BCUT2D eigenvalue weighted by Gasteiger charge is -2.05. The lowest BCUT2D eigenvalue weighted by atomic mass is 10.1. The Morgan fingerprint density at radius 3 is 2.89 bits per heavy atom. The average molecular weight is 246 g/mol. The van der Waals surface area contributed by atoms with Crippen LogP contribution in [0, 0.1) is 0 Å². The molecule has 0 spiro atoms.